The molecule has 1 heterocycles. The van der Waals surface area contributed by atoms with E-state index < -0.39 is 5.60 Å². The van der Waals surface area contributed by atoms with E-state index in [1.54, 1.807) is 26.0 Å². The van der Waals surface area contributed by atoms with E-state index in [-0.39, 0.29) is 0 Å². The van der Waals surface area contributed by atoms with Gasteiger partial charge in [0.05, 0.1) is 5.60 Å². The monoisotopic (exact) mass is 200 g/mol. The van der Waals surface area contributed by atoms with Gasteiger partial charge in [0.25, 0.3) is 0 Å². The lowest BCUT2D eigenvalue weighted by molar-refractivity contribution is 0.0944. The molecular weight excluding hydrogens is 188 g/mol. The van der Waals surface area contributed by atoms with Crippen LogP contribution >= 0.6 is 11.6 Å². The molecular formula is C9H13ClN2O. The lowest BCUT2D eigenvalue weighted by Gasteiger charge is -2.17. The van der Waals surface area contributed by atoms with E-state index in [0.29, 0.717) is 17.5 Å². The number of anilines is 1. The standard InChI is InChI=1S/C9H13ClN2O/c1-9(2,13)6-11-8-5-3-4-7(10)12-8/h3-5,13H,6H2,1-2H3,(H,11,12). The topological polar surface area (TPSA) is 45.1 Å². The van der Waals surface area contributed by atoms with Gasteiger partial charge in [-0.1, -0.05) is 17.7 Å². The number of aromatic nitrogens is 1. The second-order valence-corrected chi connectivity index (χ2v) is 3.90. The Morgan fingerprint density at radius 2 is 2.23 bits per heavy atom. The Labute approximate surface area is 82.8 Å². The summed E-state index contributed by atoms with van der Waals surface area (Å²) in [6, 6.07) is 5.32. The summed E-state index contributed by atoms with van der Waals surface area (Å²) in [5.74, 6) is 0.676. The van der Waals surface area contributed by atoms with Crippen LogP contribution in [0.25, 0.3) is 0 Å². The molecule has 0 aliphatic carbocycles. The van der Waals surface area contributed by atoms with Gasteiger partial charge in [0.2, 0.25) is 0 Å². The zero-order valence-electron chi connectivity index (χ0n) is 7.71. The highest BCUT2D eigenvalue weighted by molar-refractivity contribution is 6.29. The molecule has 0 amide bonds. The minimum atomic E-state index is -0.746. The minimum Gasteiger partial charge on any atom is -0.389 e. The predicted molar refractivity (Wildman–Crippen MR) is 54.0 cm³/mol. The molecule has 4 heteroatoms. The third-order valence-corrected chi connectivity index (χ3v) is 1.63. The summed E-state index contributed by atoms with van der Waals surface area (Å²) in [5.41, 5.74) is -0.746. The smallest absolute Gasteiger partial charge is 0.131 e. The molecule has 1 aromatic rings. The van der Waals surface area contributed by atoms with Crippen molar-refractivity contribution in [2.45, 2.75) is 19.4 Å². The van der Waals surface area contributed by atoms with Gasteiger partial charge in [0, 0.05) is 6.54 Å². The summed E-state index contributed by atoms with van der Waals surface area (Å²) in [5, 5.41) is 12.8. The number of halogens is 1. The van der Waals surface area contributed by atoms with Crippen LogP contribution in [0.3, 0.4) is 0 Å². The third-order valence-electron chi connectivity index (χ3n) is 1.42. The van der Waals surface area contributed by atoms with Crippen LogP contribution in [0.1, 0.15) is 13.8 Å². The van der Waals surface area contributed by atoms with Crippen molar-refractivity contribution in [3.8, 4) is 0 Å². The van der Waals surface area contributed by atoms with Crippen molar-refractivity contribution in [1.82, 2.24) is 4.98 Å². The maximum atomic E-state index is 9.42. The summed E-state index contributed by atoms with van der Waals surface area (Å²) >= 11 is 5.68. The Kier molecular flexibility index (Phi) is 3.12. The van der Waals surface area contributed by atoms with Gasteiger partial charge in [-0.15, -0.1) is 0 Å². The van der Waals surface area contributed by atoms with Gasteiger partial charge in [0.15, 0.2) is 0 Å². The Bertz CT molecular complexity index is 283. The van der Waals surface area contributed by atoms with Crippen molar-refractivity contribution in [3.63, 3.8) is 0 Å². The highest BCUT2D eigenvalue weighted by Crippen LogP contribution is 2.10. The molecule has 0 bridgehead atoms. The normalized spacial score (nSPS) is 11.4. The van der Waals surface area contributed by atoms with E-state index in [9.17, 15) is 5.11 Å². The summed E-state index contributed by atoms with van der Waals surface area (Å²) in [6.07, 6.45) is 0. The number of rotatable bonds is 3. The fourth-order valence-electron chi connectivity index (χ4n) is 0.814. The first kappa shape index (κ1) is 10.3. The summed E-state index contributed by atoms with van der Waals surface area (Å²) in [7, 11) is 0. The zero-order valence-corrected chi connectivity index (χ0v) is 8.47. The average Bonchev–Trinajstić information content (AvgIpc) is 2.00. The maximum absolute atomic E-state index is 9.42. The van der Waals surface area contributed by atoms with Gasteiger partial charge in [-0.05, 0) is 26.0 Å². The van der Waals surface area contributed by atoms with Crippen LogP contribution in [0.2, 0.25) is 5.15 Å². The van der Waals surface area contributed by atoms with Gasteiger partial charge < -0.3 is 10.4 Å². The molecule has 0 aliphatic heterocycles. The van der Waals surface area contributed by atoms with Crippen LogP contribution in [0.15, 0.2) is 18.2 Å². The molecule has 13 heavy (non-hydrogen) atoms. The van der Waals surface area contributed by atoms with Gasteiger partial charge in [-0.3, -0.25) is 0 Å². The van der Waals surface area contributed by atoms with E-state index in [1.807, 2.05) is 6.07 Å². The summed E-state index contributed by atoms with van der Waals surface area (Å²) < 4.78 is 0. The Morgan fingerprint density at radius 1 is 1.54 bits per heavy atom. The molecule has 0 aliphatic rings. The molecule has 2 N–H and O–H groups in total. The number of hydrogen-bond acceptors (Lipinski definition) is 3. The predicted octanol–water partition coefficient (Wildman–Crippen LogP) is 1.92. The van der Waals surface area contributed by atoms with Crippen molar-refractivity contribution in [3.05, 3.63) is 23.4 Å². The summed E-state index contributed by atoms with van der Waals surface area (Å²) in [6.45, 7) is 3.90. The van der Waals surface area contributed by atoms with E-state index in [2.05, 4.69) is 10.3 Å². The molecule has 3 nitrogen and oxygen atoms in total. The fourth-order valence-corrected chi connectivity index (χ4v) is 0.977. The first-order valence-corrected chi connectivity index (χ1v) is 4.44. The first-order valence-electron chi connectivity index (χ1n) is 4.06. The SMILES string of the molecule is CC(C)(O)CNc1cccc(Cl)n1. The molecule has 72 valence electrons. The molecule has 0 aromatic carbocycles. The molecule has 0 atom stereocenters. The van der Waals surface area contributed by atoms with Crippen LogP contribution in [-0.4, -0.2) is 22.2 Å². The van der Waals surface area contributed by atoms with Gasteiger partial charge >= 0.3 is 0 Å². The fraction of sp³-hybridized carbons (Fsp3) is 0.444. The average molecular weight is 201 g/mol. The second kappa shape index (κ2) is 3.94. The number of nitrogens with one attached hydrogen (secondary N) is 1. The number of pyridine rings is 1. The lowest BCUT2D eigenvalue weighted by Crippen LogP contribution is -2.29. The van der Waals surface area contributed by atoms with Crippen LogP contribution in [0.5, 0.6) is 0 Å². The van der Waals surface area contributed by atoms with Gasteiger partial charge in [-0.25, -0.2) is 4.98 Å². The van der Waals surface area contributed by atoms with E-state index in [1.165, 1.54) is 0 Å². The Morgan fingerprint density at radius 3 is 2.77 bits per heavy atom. The van der Waals surface area contributed by atoms with E-state index >= 15 is 0 Å². The molecule has 1 aromatic heterocycles. The van der Waals surface area contributed by atoms with Crippen molar-refractivity contribution >= 4 is 17.4 Å². The van der Waals surface area contributed by atoms with Crippen LogP contribution in [0, 0.1) is 0 Å². The Balaban J connectivity index is 2.55. The van der Waals surface area contributed by atoms with Gasteiger partial charge in [0.1, 0.15) is 11.0 Å². The zero-order chi connectivity index (χ0) is 9.90. The van der Waals surface area contributed by atoms with Crippen molar-refractivity contribution in [2.24, 2.45) is 0 Å². The van der Waals surface area contributed by atoms with Crippen molar-refractivity contribution in [1.29, 1.82) is 0 Å². The first-order chi connectivity index (χ1) is 5.97. The summed E-state index contributed by atoms with van der Waals surface area (Å²) in [4.78, 5) is 4.02. The van der Waals surface area contributed by atoms with Crippen molar-refractivity contribution < 1.29 is 5.11 Å². The van der Waals surface area contributed by atoms with Crippen LogP contribution in [0.4, 0.5) is 5.82 Å². The molecule has 0 fully saturated rings. The number of hydrogen-bond donors (Lipinski definition) is 2. The minimum absolute atomic E-state index is 0.445. The third kappa shape index (κ3) is 4.10. The van der Waals surface area contributed by atoms with Crippen LogP contribution in [-0.2, 0) is 0 Å². The largest absolute Gasteiger partial charge is 0.389 e. The highest BCUT2D eigenvalue weighted by atomic mass is 35.5. The van der Waals surface area contributed by atoms with Crippen molar-refractivity contribution in [2.75, 3.05) is 11.9 Å². The number of nitrogens with zero attached hydrogens (tertiary/aromatic N) is 1. The molecule has 0 saturated heterocycles. The molecule has 0 spiro atoms. The lowest BCUT2D eigenvalue weighted by atomic mass is 10.1. The van der Waals surface area contributed by atoms with E-state index in [4.69, 9.17) is 11.6 Å². The maximum Gasteiger partial charge on any atom is 0.131 e. The molecule has 0 radical (unpaired) electrons. The van der Waals surface area contributed by atoms with E-state index in [0.717, 1.165) is 0 Å². The Hall–Kier alpha value is -0.800. The second-order valence-electron chi connectivity index (χ2n) is 3.51. The molecule has 0 unspecified atom stereocenters. The molecule has 0 saturated carbocycles. The highest BCUT2D eigenvalue weighted by Gasteiger charge is 2.11. The van der Waals surface area contributed by atoms with Gasteiger partial charge in [-0.2, -0.15) is 0 Å². The van der Waals surface area contributed by atoms with Crippen LogP contribution < -0.4 is 5.32 Å². The number of aliphatic hydroxyl groups is 1. The molecule has 1 rings (SSSR count). The quantitative estimate of drug-likeness (QED) is 0.733.